The molecule has 1 N–H and O–H groups in total. The van der Waals surface area contributed by atoms with Crippen LogP contribution in [0.25, 0.3) is 0 Å². The molecule has 12 heavy (non-hydrogen) atoms. The second-order valence-electron chi connectivity index (χ2n) is 3.62. The van der Waals surface area contributed by atoms with Crippen LogP contribution in [0, 0.1) is 0 Å². The number of piperazine rings is 1. The lowest BCUT2D eigenvalue weighted by atomic mass is 10.3. The first kappa shape index (κ1) is 9.92. The number of hydrogen-bond acceptors (Lipinski definition) is 3. The number of nitrogens with zero attached hydrogens (tertiary/aromatic N) is 2. The van der Waals surface area contributed by atoms with Gasteiger partial charge in [-0.15, -0.1) is 0 Å². The van der Waals surface area contributed by atoms with Gasteiger partial charge in [0, 0.05) is 13.7 Å². The van der Waals surface area contributed by atoms with Crippen molar-refractivity contribution in [2.45, 2.75) is 0 Å². The molecule has 4 nitrogen and oxygen atoms in total. The van der Waals surface area contributed by atoms with E-state index in [-0.39, 0.29) is 4.65 Å². The van der Waals surface area contributed by atoms with Crippen LogP contribution < -0.4 is 0 Å². The zero-order valence-electron chi connectivity index (χ0n) is 7.99. The molecule has 0 bridgehead atoms. The minimum absolute atomic E-state index is 0.170. The van der Waals surface area contributed by atoms with E-state index in [1.807, 2.05) is 7.05 Å². The highest BCUT2D eigenvalue weighted by Gasteiger charge is 2.26. The molecule has 0 aromatic heterocycles. The van der Waals surface area contributed by atoms with Crippen LogP contribution in [0.15, 0.2) is 0 Å². The molecule has 0 spiro atoms. The van der Waals surface area contributed by atoms with Crippen molar-refractivity contribution in [3.8, 4) is 0 Å². The molecule has 0 saturated carbocycles. The molecule has 0 unspecified atom stereocenters. The zero-order chi connectivity index (χ0) is 9.03. The summed E-state index contributed by atoms with van der Waals surface area (Å²) in [4.78, 5) is 2.32. The second kappa shape index (κ2) is 4.18. The summed E-state index contributed by atoms with van der Waals surface area (Å²) >= 11 is 0. The standard InChI is InChI=1S/C8H19N2O2/c1-10(11)6-3-9(4-7-10)5-8-12-2/h11H,3-8H2,1-2H3/q+1. The first-order chi connectivity index (χ1) is 5.64. The largest absolute Gasteiger partial charge is 0.383 e. The maximum atomic E-state index is 9.60. The van der Waals surface area contributed by atoms with Gasteiger partial charge >= 0.3 is 0 Å². The summed E-state index contributed by atoms with van der Waals surface area (Å²) in [6, 6.07) is 0. The molecule has 0 radical (unpaired) electrons. The van der Waals surface area contributed by atoms with Crippen LogP contribution in [0.4, 0.5) is 0 Å². The van der Waals surface area contributed by atoms with Crippen molar-refractivity contribution < 1.29 is 14.6 Å². The van der Waals surface area contributed by atoms with E-state index in [1.165, 1.54) is 0 Å². The fraction of sp³-hybridized carbons (Fsp3) is 1.00. The van der Waals surface area contributed by atoms with Gasteiger partial charge in [-0.2, -0.15) is 4.65 Å². The average Bonchev–Trinajstić information content (AvgIpc) is 2.03. The Morgan fingerprint density at radius 2 is 2.00 bits per heavy atom. The van der Waals surface area contributed by atoms with E-state index in [2.05, 4.69) is 4.90 Å². The van der Waals surface area contributed by atoms with E-state index in [0.29, 0.717) is 0 Å². The molecule has 1 fully saturated rings. The molecular formula is C8H19N2O2+. The highest BCUT2D eigenvalue weighted by Crippen LogP contribution is 2.05. The zero-order valence-corrected chi connectivity index (χ0v) is 7.99. The predicted octanol–water partition coefficient (Wildman–Crippen LogP) is -0.216. The lowest BCUT2D eigenvalue weighted by molar-refractivity contribution is -1.09. The molecular weight excluding hydrogens is 156 g/mol. The molecule has 0 atom stereocenters. The molecule has 0 aromatic rings. The molecule has 1 heterocycles. The van der Waals surface area contributed by atoms with E-state index >= 15 is 0 Å². The SMILES string of the molecule is COCCN1CC[N+](C)(O)CC1. The van der Waals surface area contributed by atoms with Crippen molar-refractivity contribution in [2.24, 2.45) is 0 Å². The van der Waals surface area contributed by atoms with Crippen molar-refractivity contribution in [1.29, 1.82) is 0 Å². The van der Waals surface area contributed by atoms with Gasteiger partial charge < -0.3 is 4.74 Å². The Morgan fingerprint density at radius 1 is 1.42 bits per heavy atom. The maximum absolute atomic E-state index is 9.60. The summed E-state index contributed by atoms with van der Waals surface area (Å²) < 4.78 is 5.16. The first-order valence-electron chi connectivity index (χ1n) is 4.43. The summed E-state index contributed by atoms with van der Waals surface area (Å²) in [7, 11) is 3.57. The van der Waals surface area contributed by atoms with Gasteiger partial charge in [0.05, 0.1) is 26.7 Å². The monoisotopic (exact) mass is 175 g/mol. The van der Waals surface area contributed by atoms with Gasteiger partial charge in [-0.25, -0.2) is 5.21 Å². The molecule has 4 heteroatoms. The fourth-order valence-corrected chi connectivity index (χ4v) is 1.38. The third-order valence-electron chi connectivity index (χ3n) is 2.41. The molecule has 0 aliphatic carbocycles. The van der Waals surface area contributed by atoms with Gasteiger partial charge in [-0.05, 0) is 0 Å². The molecule has 1 aliphatic rings. The van der Waals surface area contributed by atoms with Gasteiger partial charge in [-0.3, -0.25) is 4.90 Å². The van der Waals surface area contributed by atoms with Crippen LogP contribution in [0.1, 0.15) is 0 Å². The van der Waals surface area contributed by atoms with E-state index in [4.69, 9.17) is 4.74 Å². The van der Waals surface area contributed by atoms with Crippen LogP contribution in [0.2, 0.25) is 0 Å². The Bertz CT molecular complexity index is 129. The normalized spacial score (nSPS) is 24.2. The third-order valence-corrected chi connectivity index (χ3v) is 2.41. The summed E-state index contributed by atoms with van der Waals surface area (Å²) in [5.41, 5.74) is 0. The van der Waals surface area contributed by atoms with E-state index in [0.717, 1.165) is 39.3 Å². The van der Waals surface area contributed by atoms with Crippen LogP contribution >= 0.6 is 0 Å². The Kier molecular flexibility index (Phi) is 3.46. The number of hydroxylamine groups is 3. The number of ether oxygens (including phenoxy) is 1. The summed E-state index contributed by atoms with van der Waals surface area (Å²) in [6.07, 6.45) is 0. The van der Waals surface area contributed by atoms with Gasteiger partial charge in [0.25, 0.3) is 0 Å². The summed E-state index contributed by atoms with van der Waals surface area (Å²) in [5, 5.41) is 9.60. The number of rotatable bonds is 3. The topological polar surface area (TPSA) is 32.7 Å². The van der Waals surface area contributed by atoms with Crippen molar-refractivity contribution in [3.63, 3.8) is 0 Å². The second-order valence-corrected chi connectivity index (χ2v) is 3.62. The van der Waals surface area contributed by atoms with Crippen LogP contribution in [0.3, 0.4) is 0 Å². The smallest absolute Gasteiger partial charge is 0.121 e. The third kappa shape index (κ3) is 3.06. The predicted molar refractivity (Wildman–Crippen MR) is 46.0 cm³/mol. The van der Waals surface area contributed by atoms with Crippen LogP contribution in [-0.2, 0) is 4.74 Å². The minimum Gasteiger partial charge on any atom is -0.383 e. The van der Waals surface area contributed by atoms with Crippen molar-refractivity contribution in [2.75, 3.05) is 53.5 Å². The number of likely N-dealkylation sites (N-methyl/N-ethyl adjacent to an activating group) is 1. The number of hydrogen-bond donors (Lipinski definition) is 1. The Balaban J connectivity index is 2.18. The lowest BCUT2D eigenvalue weighted by Gasteiger charge is -2.35. The molecule has 0 aromatic carbocycles. The Morgan fingerprint density at radius 3 is 2.50 bits per heavy atom. The highest BCUT2D eigenvalue weighted by molar-refractivity contribution is 4.60. The molecule has 72 valence electrons. The van der Waals surface area contributed by atoms with Gasteiger partial charge in [-0.1, -0.05) is 0 Å². The minimum atomic E-state index is 0.170. The summed E-state index contributed by atoms with van der Waals surface area (Å²) in [6.45, 7) is 5.35. The quantitative estimate of drug-likeness (QED) is 0.602. The maximum Gasteiger partial charge on any atom is 0.121 e. The van der Waals surface area contributed by atoms with E-state index in [1.54, 1.807) is 7.11 Å². The number of methoxy groups -OCH3 is 1. The van der Waals surface area contributed by atoms with Gasteiger partial charge in [0.1, 0.15) is 13.1 Å². The van der Waals surface area contributed by atoms with Crippen LogP contribution in [0.5, 0.6) is 0 Å². The molecule has 1 rings (SSSR count). The molecule has 1 aliphatic heterocycles. The number of quaternary nitrogens is 1. The van der Waals surface area contributed by atoms with Crippen molar-refractivity contribution in [3.05, 3.63) is 0 Å². The van der Waals surface area contributed by atoms with E-state index in [9.17, 15) is 5.21 Å². The lowest BCUT2D eigenvalue weighted by Crippen LogP contribution is -2.55. The van der Waals surface area contributed by atoms with E-state index < -0.39 is 0 Å². The summed E-state index contributed by atoms with van der Waals surface area (Å²) in [5.74, 6) is 0. The molecule has 0 amide bonds. The first-order valence-corrected chi connectivity index (χ1v) is 4.43. The van der Waals surface area contributed by atoms with Crippen molar-refractivity contribution in [1.82, 2.24) is 4.90 Å². The van der Waals surface area contributed by atoms with Gasteiger partial charge in [0.15, 0.2) is 0 Å². The fourth-order valence-electron chi connectivity index (χ4n) is 1.38. The highest BCUT2D eigenvalue weighted by atomic mass is 16.5. The Hall–Kier alpha value is -0.160. The van der Waals surface area contributed by atoms with Crippen molar-refractivity contribution >= 4 is 0 Å². The molecule has 1 saturated heterocycles. The van der Waals surface area contributed by atoms with Crippen LogP contribution in [-0.4, -0.2) is 68.2 Å². The van der Waals surface area contributed by atoms with Gasteiger partial charge in [0.2, 0.25) is 0 Å². The average molecular weight is 175 g/mol. The Labute approximate surface area is 73.9 Å².